The number of benzene rings is 1. The van der Waals surface area contributed by atoms with E-state index < -0.39 is 29.7 Å². The molecule has 0 bridgehead atoms. The Morgan fingerprint density at radius 1 is 1.27 bits per heavy atom. The lowest BCUT2D eigenvalue weighted by Crippen LogP contribution is -2.06. The minimum absolute atomic E-state index is 0.0577. The molecule has 6 heteroatoms. The minimum Gasteiger partial charge on any atom is -0.487 e. The van der Waals surface area contributed by atoms with Gasteiger partial charge in [-0.15, -0.1) is 0 Å². The van der Waals surface area contributed by atoms with Gasteiger partial charge in [-0.25, -0.2) is 8.78 Å². The number of ether oxygens (including phenoxy) is 2. The Labute approximate surface area is 83.4 Å². The predicted molar refractivity (Wildman–Crippen MR) is 44.2 cm³/mol. The molecule has 0 aliphatic rings. The van der Waals surface area contributed by atoms with E-state index in [1.165, 1.54) is 6.92 Å². The van der Waals surface area contributed by atoms with Gasteiger partial charge in [0, 0.05) is 12.1 Å². The van der Waals surface area contributed by atoms with Gasteiger partial charge in [-0.05, 0) is 6.92 Å². The highest BCUT2D eigenvalue weighted by molar-refractivity contribution is 5.41. The van der Waals surface area contributed by atoms with Crippen LogP contribution in [0.4, 0.5) is 17.6 Å². The summed E-state index contributed by atoms with van der Waals surface area (Å²) < 4.78 is 58.1. The molecule has 0 N–H and O–H groups in total. The highest BCUT2D eigenvalue weighted by atomic mass is 19.3. The van der Waals surface area contributed by atoms with Crippen LogP contribution in [0.5, 0.6) is 11.5 Å². The summed E-state index contributed by atoms with van der Waals surface area (Å²) in [6, 6.07) is 1.17. The maximum Gasteiger partial charge on any atom is 0.387 e. The second-order valence-electron chi connectivity index (χ2n) is 2.53. The Bertz CT molecular complexity index is 341. The van der Waals surface area contributed by atoms with Crippen molar-refractivity contribution in [3.8, 4) is 11.5 Å². The van der Waals surface area contributed by atoms with Gasteiger partial charge in [0.15, 0.2) is 17.3 Å². The average Bonchev–Trinajstić information content (AvgIpc) is 2.10. The summed E-state index contributed by atoms with van der Waals surface area (Å²) in [6.45, 7) is -1.57. The van der Waals surface area contributed by atoms with Crippen LogP contribution < -0.4 is 9.47 Å². The molecule has 0 aliphatic carbocycles. The summed E-state index contributed by atoms with van der Waals surface area (Å²) in [4.78, 5) is 0. The Kier molecular flexibility index (Phi) is 3.76. The minimum atomic E-state index is -3.16. The highest BCUT2D eigenvalue weighted by Gasteiger charge is 2.16. The van der Waals surface area contributed by atoms with E-state index in [9.17, 15) is 17.6 Å². The molecule has 0 saturated heterocycles. The number of hydrogen-bond donors (Lipinski definition) is 0. The molecule has 0 spiro atoms. The first-order valence-corrected chi connectivity index (χ1v) is 4.11. The van der Waals surface area contributed by atoms with Crippen molar-refractivity contribution in [2.45, 2.75) is 13.5 Å². The standard InChI is InChI=1S/C9H8F4O2/c1-2-14-8-6(11)3-5(10)4-7(8)15-9(12)13/h3-4,9H,2H2,1H3. The maximum absolute atomic E-state index is 13.1. The van der Waals surface area contributed by atoms with Crippen molar-refractivity contribution in [2.24, 2.45) is 0 Å². The summed E-state index contributed by atoms with van der Waals surface area (Å²) in [5, 5.41) is 0. The molecule has 1 aromatic rings. The molecule has 0 unspecified atom stereocenters. The van der Waals surface area contributed by atoms with Gasteiger partial charge in [0.05, 0.1) is 6.61 Å². The molecular weight excluding hydrogens is 216 g/mol. The fourth-order valence-electron chi connectivity index (χ4n) is 1.00. The summed E-state index contributed by atoms with van der Waals surface area (Å²) in [5.41, 5.74) is 0. The van der Waals surface area contributed by atoms with Gasteiger partial charge in [-0.3, -0.25) is 0 Å². The van der Waals surface area contributed by atoms with E-state index >= 15 is 0 Å². The van der Waals surface area contributed by atoms with Gasteiger partial charge in [0.1, 0.15) is 5.82 Å². The quantitative estimate of drug-likeness (QED) is 0.732. The maximum atomic E-state index is 13.1. The van der Waals surface area contributed by atoms with Crippen molar-refractivity contribution < 1.29 is 27.0 Å². The van der Waals surface area contributed by atoms with E-state index in [0.29, 0.717) is 12.1 Å². The molecule has 0 heterocycles. The third-order valence-corrected chi connectivity index (χ3v) is 1.48. The van der Waals surface area contributed by atoms with Crippen LogP contribution in [0.2, 0.25) is 0 Å². The molecule has 0 amide bonds. The van der Waals surface area contributed by atoms with Gasteiger partial charge in [-0.2, -0.15) is 8.78 Å². The second-order valence-corrected chi connectivity index (χ2v) is 2.53. The van der Waals surface area contributed by atoms with E-state index in [2.05, 4.69) is 4.74 Å². The fraction of sp³-hybridized carbons (Fsp3) is 0.333. The molecular formula is C9H8F4O2. The molecule has 0 atom stereocenters. The van der Waals surface area contributed by atoms with Crippen molar-refractivity contribution >= 4 is 0 Å². The first-order valence-electron chi connectivity index (χ1n) is 4.11. The van der Waals surface area contributed by atoms with Crippen LogP contribution in [-0.2, 0) is 0 Å². The van der Waals surface area contributed by atoms with Crippen LogP contribution in [-0.4, -0.2) is 13.2 Å². The van der Waals surface area contributed by atoms with Crippen LogP contribution in [0.15, 0.2) is 12.1 Å². The zero-order valence-corrected chi connectivity index (χ0v) is 7.77. The van der Waals surface area contributed by atoms with Gasteiger partial charge < -0.3 is 9.47 Å². The lowest BCUT2D eigenvalue weighted by Gasteiger charge is -2.11. The van der Waals surface area contributed by atoms with Crippen LogP contribution in [0.1, 0.15) is 6.92 Å². The van der Waals surface area contributed by atoms with E-state index in [1.807, 2.05) is 0 Å². The Morgan fingerprint density at radius 2 is 1.93 bits per heavy atom. The van der Waals surface area contributed by atoms with Crippen LogP contribution >= 0.6 is 0 Å². The summed E-state index contributed by atoms with van der Waals surface area (Å²) in [7, 11) is 0. The topological polar surface area (TPSA) is 18.5 Å². The number of rotatable bonds is 4. The first-order chi connectivity index (χ1) is 7.04. The Hall–Kier alpha value is -1.46. The molecule has 2 nitrogen and oxygen atoms in total. The Balaban J connectivity index is 3.08. The number of halogens is 4. The van der Waals surface area contributed by atoms with Crippen molar-refractivity contribution in [1.82, 2.24) is 0 Å². The summed E-state index contributed by atoms with van der Waals surface area (Å²) >= 11 is 0. The summed E-state index contributed by atoms with van der Waals surface area (Å²) in [5.74, 6) is -3.25. The highest BCUT2D eigenvalue weighted by Crippen LogP contribution is 2.32. The SMILES string of the molecule is CCOc1c(F)cc(F)cc1OC(F)F. The molecule has 0 fully saturated rings. The molecule has 0 aliphatic heterocycles. The third kappa shape index (κ3) is 3.00. The lowest BCUT2D eigenvalue weighted by molar-refractivity contribution is -0.0518. The summed E-state index contributed by atoms with van der Waals surface area (Å²) in [6.07, 6.45) is 0. The average molecular weight is 224 g/mol. The lowest BCUT2D eigenvalue weighted by atomic mass is 10.3. The van der Waals surface area contributed by atoms with Gasteiger partial charge in [0.2, 0.25) is 0 Å². The van der Waals surface area contributed by atoms with Crippen molar-refractivity contribution in [3.05, 3.63) is 23.8 Å². The molecule has 1 aromatic carbocycles. The molecule has 15 heavy (non-hydrogen) atoms. The van der Waals surface area contributed by atoms with Gasteiger partial charge in [-0.1, -0.05) is 0 Å². The smallest absolute Gasteiger partial charge is 0.387 e. The van der Waals surface area contributed by atoms with Crippen LogP contribution in [0.3, 0.4) is 0 Å². The van der Waals surface area contributed by atoms with Crippen molar-refractivity contribution in [3.63, 3.8) is 0 Å². The third-order valence-electron chi connectivity index (χ3n) is 1.48. The van der Waals surface area contributed by atoms with Crippen molar-refractivity contribution in [1.29, 1.82) is 0 Å². The predicted octanol–water partition coefficient (Wildman–Crippen LogP) is 2.96. The first kappa shape index (κ1) is 11.6. The number of alkyl halides is 2. The van der Waals surface area contributed by atoms with Crippen LogP contribution in [0.25, 0.3) is 0 Å². The van der Waals surface area contributed by atoms with E-state index in [1.54, 1.807) is 0 Å². The molecule has 84 valence electrons. The molecule has 0 radical (unpaired) electrons. The Morgan fingerprint density at radius 3 is 2.47 bits per heavy atom. The molecule has 1 rings (SSSR count). The van der Waals surface area contributed by atoms with Gasteiger partial charge in [0.25, 0.3) is 0 Å². The normalized spacial score (nSPS) is 10.5. The molecule has 0 saturated carbocycles. The van der Waals surface area contributed by atoms with Gasteiger partial charge >= 0.3 is 6.61 Å². The largest absolute Gasteiger partial charge is 0.487 e. The van der Waals surface area contributed by atoms with Crippen LogP contribution in [0, 0.1) is 11.6 Å². The fourth-order valence-corrected chi connectivity index (χ4v) is 1.00. The zero-order chi connectivity index (χ0) is 11.4. The molecule has 0 aromatic heterocycles. The number of hydrogen-bond acceptors (Lipinski definition) is 2. The van der Waals surface area contributed by atoms with E-state index in [-0.39, 0.29) is 6.61 Å². The van der Waals surface area contributed by atoms with E-state index in [0.717, 1.165) is 0 Å². The monoisotopic (exact) mass is 224 g/mol. The second kappa shape index (κ2) is 4.86. The van der Waals surface area contributed by atoms with Crippen molar-refractivity contribution in [2.75, 3.05) is 6.61 Å². The van der Waals surface area contributed by atoms with E-state index in [4.69, 9.17) is 4.74 Å². The zero-order valence-electron chi connectivity index (χ0n) is 7.77.